The van der Waals surface area contributed by atoms with Gasteiger partial charge >= 0.3 is 6.18 Å². The van der Waals surface area contributed by atoms with Gasteiger partial charge in [0.05, 0.1) is 10.5 Å². The Morgan fingerprint density at radius 3 is 2.54 bits per heavy atom. The highest BCUT2D eigenvalue weighted by atomic mass is 32.2. The largest absolute Gasteiger partial charge is 0.416 e. The summed E-state index contributed by atoms with van der Waals surface area (Å²) in [6, 6.07) is 13.3. The van der Waals surface area contributed by atoms with Crippen molar-refractivity contribution >= 4 is 35.3 Å². The standard InChI is InChI=1S/C28H30F3N3O2S/c1-18-4-2-5-19(14-18)15-25-26(35)32-23-16-20(8-9-24(23)37-25)27(36)34-12-10-33(11-13-34)22-7-3-6-21(17-22)28(29,30)31/h2-7,14-15,17,20,23-24H,8-13,16H2,1H3,(H,32,35)/b25-15+. The van der Waals surface area contributed by atoms with Gasteiger partial charge in [-0.1, -0.05) is 35.9 Å². The van der Waals surface area contributed by atoms with Gasteiger partial charge in [-0.05, 0) is 56.0 Å². The molecule has 5 rings (SSSR count). The Kier molecular flexibility index (Phi) is 7.25. The van der Waals surface area contributed by atoms with Gasteiger partial charge in [0.1, 0.15) is 0 Å². The Bertz CT molecular complexity index is 1210. The van der Waals surface area contributed by atoms with E-state index < -0.39 is 11.7 Å². The molecule has 0 radical (unpaired) electrons. The van der Waals surface area contributed by atoms with Crippen LogP contribution in [-0.2, 0) is 15.8 Å². The minimum Gasteiger partial charge on any atom is -0.368 e. The van der Waals surface area contributed by atoms with Gasteiger partial charge in [-0.25, -0.2) is 0 Å². The van der Waals surface area contributed by atoms with Gasteiger partial charge in [0, 0.05) is 49.1 Å². The van der Waals surface area contributed by atoms with E-state index in [1.54, 1.807) is 17.8 Å². The Labute approximate surface area is 219 Å². The average Bonchev–Trinajstić information content (AvgIpc) is 2.88. The molecule has 3 atom stereocenters. The van der Waals surface area contributed by atoms with Gasteiger partial charge in [0.2, 0.25) is 5.91 Å². The first-order valence-corrected chi connectivity index (χ1v) is 13.5. The Hall–Kier alpha value is -2.94. The zero-order valence-electron chi connectivity index (χ0n) is 20.6. The molecule has 1 saturated carbocycles. The van der Waals surface area contributed by atoms with E-state index in [0.29, 0.717) is 43.2 Å². The number of benzene rings is 2. The Balaban J connectivity index is 1.16. The molecular formula is C28H30F3N3O2S. The molecule has 2 aromatic rings. The number of piperazine rings is 1. The number of carbonyl (C=O) groups excluding carboxylic acids is 2. The van der Waals surface area contributed by atoms with Crippen LogP contribution in [0.5, 0.6) is 0 Å². The number of halogens is 3. The van der Waals surface area contributed by atoms with Crippen LogP contribution in [0.15, 0.2) is 53.4 Å². The first kappa shape index (κ1) is 25.7. The van der Waals surface area contributed by atoms with Crippen molar-refractivity contribution in [3.05, 3.63) is 70.1 Å². The topological polar surface area (TPSA) is 52.7 Å². The zero-order valence-corrected chi connectivity index (χ0v) is 21.4. The number of fused-ring (bicyclic) bond motifs is 1. The summed E-state index contributed by atoms with van der Waals surface area (Å²) in [5, 5.41) is 3.38. The van der Waals surface area contributed by atoms with Crippen molar-refractivity contribution in [2.24, 2.45) is 5.92 Å². The fourth-order valence-electron chi connectivity index (χ4n) is 5.45. The van der Waals surface area contributed by atoms with Crippen LogP contribution < -0.4 is 10.2 Å². The second-order valence-electron chi connectivity index (χ2n) is 10.0. The van der Waals surface area contributed by atoms with Crippen LogP contribution in [0.4, 0.5) is 18.9 Å². The van der Waals surface area contributed by atoms with E-state index in [4.69, 9.17) is 0 Å². The molecule has 2 aliphatic heterocycles. The summed E-state index contributed by atoms with van der Waals surface area (Å²) in [6.07, 6.45) is -0.204. The lowest BCUT2D eigenvalue weighted by atomic mass is 9.84. The fraction of sp³-hybridized carbons (Fsp3) is 0.429. The summed E-state index contributed by atoms with van der Waals surface area (Å²) in [6.45, 7) is 3.96. The molecular weight excluding hydrogens is 499 g/mol. The number of nitrogens with zero attached hydrogens (tertiary/aromatic N) is 2. The van der Waals surface area contributed by atoms with E-state index in [2.05, 4.69) is 11.4 Å². The monoisotopic (exact) mass is 529 g/mol. The molecule has 3 aliphatic rings. The molecule has 2 amide bonds. The number of rotatable bonds is 3. The third-order valence-electron chi connectivity index (χ3n) is 7.42. The van der Waals surface area contributed by atoms with Crippen molar-refractivity contribution in [2.45, 2.75) is 43.7 Å². The van der Waals surface area contributed by atoms with Crippen LogP contribution in [0.1, 0.15) is 36.0 Å². The SMILES string of the molecule is Cc1cccc(/C=C2/SC3CCC(C(=O)N4CCN(c5cccc(C(F)(F)F)c5)CC4)CC3NC2=O)c1. The summed E-state index contributed by atoms with van der Waals surface area (Å²) in [7, 11) is 0. The highest BCUT2D eigenvalue weighted by Crippen LogP contribution is 2.40. The number of hydrogen-bond donors (Lipinski definition) is 1. The maximum absolute atomic E-state index is 13.3. The van der Waals surface area contributed by atoms with Crippen LogP contribution in [0.25, 0.3) is 6.08 Å². The van der Waals surface area contributed by atoms with Gasteiger partial charge in [0.15, 0.2) is 0 Å². The lowest BCUT2D eigenvalue weighted by Crippen LogP contribution is -2.54. The van der Waals surface area contributed by atoms with E-state index in [1.165, 1.54) is 12.1 Å². The van der Waals surface area contributed by atoms with Gasteiger partial charge in [-0.2, -0.15) is 13.2 Å². The number of carbonyl (C=O) groups is 2. The van der Waals surface area contributed by atoms with Gasteiger partial charge < -0.3 is 15.1 Å². The molecule has 2 heterocycles. The van der Waals surface area contributed by atoms with Crippen molar-refractivity contribution in [1.29, 1.82) is 0 Å². The Morgan fingerprint density at radius 1 is 1.05 bits per heavy atom. The van der Waals surface area contributed by atoms with Gasteiger partial charge in [0.25, 0.3) is 5.91 Å². The van der Waals surface area contributed by atoms with Crippen LogP contribution in [0.2, 0.25) is 0 Å². The highest BCUT2D eigenvalue weighted by molar-refractivity contribution is 8.04. The number of nitrogens with one attached hydrogen (secondary N) is 1. The molecule has 0 spiro atoms. The van der Waals surface area contributed by atoms with Gasteiger partial charge in [-0.3, -0.25) is 9.59 Å². The second-order valence-corrected chi connectivity index (χ2v) is 11.3. The lowest BCUT2D eigenvalue weighted by Gasteiger charge is -2.42. The predicted molar refractivity (Wildman–Crippen MR) is 140 cm³/mol. The second kappa shape index (κ2) is 10.4. The van der Waals surface area contributed by atoms with Crippen LogP contribution in [-0.4, -0.2) is 54.2 Å². The molecule has 3 unspecified atom stereocenters. The van der Waals surface area contributed by atoms with Crippen LogP contribution >= 0.6 is 11.8 Å². The van der Waals surface area contributed by atoms with E-state index in [9.17, 15) is 22.8 Å². The van der Waals surface area contributed by atoms with Crippen molar-refractivity contribution in [3.63, 3.8) is 0 Å². The van der Waals surface area contributed by atoms with Gasteiger partial charge in [-0.15, -0.1) is 11.8 Å². The number of amides is 2. The molecule has 37 heavy (non-hydrogen) atoms. The summed E-state index contributed by atoms with van der Waals surface area (Å²) in [4.78, 5) is 30.5. The molecule has 0 aromatic heterocycles. The lowest BCUT2D eigenvalue weighted by molar-refractivity contribution is -0.138. The highest BCUT2D eigenvalue weighted by Gasteiger charge is 2.41. The van der Waals surface area contributed by atoms with E-state index in [0.717, 1.165) is 30.0 Å². The van der Waals surface area contributed by atoms with E-state index in [1.807, 2.05) is 41.0 Å². The molecule has 9 heteroatoms. The summed E-state index contributed by atoms with van der Waals surface area (Å²) < 4.78 is 39.2. The van der Waals surface area contributed by atoms with Crippen molar-refractivity contribution in [1.82, 2.24) is 10.2 Å². The average molecular weight is 530 g/mol. The molecule has 2 saturated heterocycles. The minimum absolute atomic E-state index is 0.0405. The maximum Gasteiger partial charge on any atom is 0.416 e. The third kappa shape index (κ3) is 5.81. The quantitative estimate of drug-likeness (QED) is 0.562. The maximum atomic E-state index is 13.3. The molecule has 5 nitrogen and oxygen atoms in total. The number of hydrogen-bond acceptors (Lipinski definition) is 4. The minimum atomic E-state index is -4.38. The third-order valence-corrected chi connectivity index (χ3v) is 8.85. The van der Waals surface area contributed by atoms with Crippen LogP contribution in [0.3, 0.4) is 0 Å². The van der Waals surface area contributed by atoms with Crippen molar-refractivity contribution < 1.29 is 22.8 Å². The Morgan fingerprint density at radius 2 is 1.81 bits per heavy atom. The first-order valence-electron chi connectivity index (χ1n) is 12.6. The summed E-state index contributed by atoms with van der Waals surface area (Å²) in [5.41, 5.74) is 2.01. The van der Waals surface area contributed by atoms with Crippen molar-refractivity contribution in [2.75, 3.05) is 31.1 Å². The number of thioether (sulfide) groups is 1. The summed E-state index contributed by atoms with van der Waals surface area (Å²) in [5.74, 6) is -0.150. The fourth-order valence-corrected chi connectivity index (χ4v) is 6.74. The molecule has 1 aliphatic carbocycles. The number of aryl methyl sites for hydroxylation is 1. The molecule has 2 aromatic carbocycles. The molecule has 196 valence electrons. The number of anilines is 1. The van der Waals surface area contributed by atoms with Crippen LogP contribution in [0, 0.1) is 12.8 Å². The smallest absolute Gasteiger partial charge is 0.368 e. The number of alkyl halides is 3. The first-order chi connectivity index (χ1) is 17.7. The summed E-state index contributed by atoms with van der Waals surface area (Å²) >= 11 is 1.61. The predicted octanol–water partition coefficient (Wildman–Crippen LogP) is 5.10. The zero-order chi connectivity index (χ0) is 26.2. The van der Waals surface area contributed by atoms with E-state index in [-0.39, 0.29) is 29.0 Å². The normalized spacial score (nSPS) is 25.6. The van der Waals surface area contributed by atoms with E-state index >= 15 is 0 Å². The molecule has 1 N–H and O–H groups in total. The molecule has 3 fully saturated rings. The molecule has 0 bridgehead atoms. The van der Waals surface area contributed by atoms with Crippen molar-refractivity contribution in [3.8, 4) is 0 Å².